The van der Waals surface area contributed by atoms with Crippen LogP contribution in [0.1, 0.15) is 69.9 Å². The summed E-state index contributed by atoms with van der Waals surface area (Å²) in [6.07, 6.45) is 2.01. The van der Waals surface area contributed by atoms with Crippen molar-refractivity contribution in [2.45, 2.75) is 68.9 Å². The number of sulfonamides is 2. The molecular weight excluding hydrogens is 498 g/mol. The van der Waals surface area contributed by atoms with E-state index in [4.69, 9.17) is 11.6 Å². The molecule has 0 aliphatic heterocycles. The number of hydrogen-bond acceptors (Lipinski definition) is 5. The minimum absolute atomic E-state index is 0.0310. The summed E-state index contributed by atoms with van der Waals surface area (Å²) in [7, 11) is -7.85. The van der Waals surface area contributed by atoms with Gasteiger partial charge >= 0.3 is 6.03 Å². The maximum absolute atomic E-state index is 12.9. The number of nitrogens with one attached hydrogen (secondary N) is 3. The molecule has 0 heterocycles. The summed E-state index contributed by atoms with van der Waals surface area (Å²) in [5, 5.41) is 2.74. The van der Waals surface area contributed by atoms with Gasteiger partial charge in [0.2, 0.25) is 10.0 Å². The first kappa shape index (κ1) is 26.3. The molecule has 0 unspecified atom stereocenters. The summed E-state index contributed by atoms with van der Waals surface area (Å²) < 4.78 is 54.9. The van der Waals surface area contributed by atoms with Crippen LogP contribution in [0.5, 0.6) is 0 Å². The van der Waals surface area contributed by atoms with E-state index >= 15 is 0 Å². The van der Waals surface area contributed by atoms with Gasteiger partial charge in [0, 0.05) is 16.4 Å². The third-order valence-corrected chi connectivity index (χ3v) is 9.19. The van der Waals surface area contributed by atoms with Crippen LogP contribution in [-0.4, -0.2) is 28.1 Å². The highest BCUT2D eigenvalue weighted by Crippen LogP contribution is 2.35. The maximum atomic E-state index is 12.9. The number of rotatable bonds is 8. The quantitative estimate of drug-likeness (QED) is 0.425. The molecule has 1 fully saturated rings. The van der Waals surface area contributed by atoms with Crippen molar-refractivity contribution in [3.8, 4) is 0 Å². The van der Waals surface area contributed by atoms with Gasteiger partial charge in [0.15, 0.2) is 0 Å². The lowest BCUT2D eigenvalue weighted by molar-refractivity contribution is 0.256. The van der Waals surface area contributed by atoms with Gasteiger partial charge in [-0.05, 0) is 66.1 Å². The van der Waals surface area contributed by atoms with E-state index in [0.717, 1.165) is 17.5 Å². The molecule has 0 radical (unpaired) electrons. The molecule has 1 aliphatic rings. The van der Waals surface area contributed by atoms with Crippen molar-refractivity contribution in [3.05, 3.63) is 52.5 Å². The van der Waals surface area contributed by atoms with Crippen molar-refractivity contribution >= 4 is 49.1 Å². The van der Waals surface area contributed by atoms with Gasteiger partial charge in [0.1, 0.15) is 0 Å². The molecule has 0 saturated heterocycles. The average molecular weight is 528 g/mol. The highest BCUT2D eigenvalue weighted by molar-refractivity contribution is 7.93. The minimum Gasteiger partial charge on any atom is -0.307 e. The van der Waals surface area contributed by atoms with Crippen LogP contribution in [0.2, 0.25) is 5.02 Å². The van der Waals surface area contributed by atoms with Crippen molar-refractivity contribution in [3.63, 3.8) is 0 Å². The number of carbonyl (C=O) groups is 1. The molecule has 11 heteroatoms. The number of urea groups is 1. The van der Waals surface area contributed by atoms with Crippen molar-refractivity contribution in [1.82, 2.24) is 4.72 Å². The van der Waals surface area contributed by atoms with Crippen LogP contribution in [0.25, 0.3) is 0 Å². The van der Waals surface area contributed by atoms with Gasteiger partial charge in [-0.25, -0.2) is 26.4 Å². The van der Waals surface area contributed by atoms with Crippen molar-refractivity contribution < 1.29 is 21.6 Å². The predicted molar refractivity (Wildman–Crippen MR) is 136 cm³/mol. The Bertz CT molecular complexity index is 1260. The van der Waals surface area contributed by atoms with E-state index in [2.05, 4.69) is 10.0 Å². The molecule has 1 saturated carbocycles. The minimum atomic E-state index is -4.27. The Labute approximate surface area is 206 Å². The van der Waals surface area contributed by atoms with E-state index in [1.807, 2.05) is 32.4 Å². The molecule has 0 aromatic heterocycles. The molecule has 34 heavy (non-hydrogen) atoms. The van der Waals surface area contributed by atoms with Gasteiger partial charge in [-0.15, -0.1) is 0 Å². The smallest absolute Gasteiger partial charge is 0.307 e. The molecule has 0 bridgehead atoms. The first-order chi connectivity index (χ1) is 15.8. The van der Waals surface area contributed by atoms with Crippen molar-refractivity contribution in [2.24, 2.45) is 0 Å². The van der Waals surface area contributed by atoms with E-state index in [0.29, 0.717) is 23.6 Å². The SMILES string of the molecule is CC(C)c1cc(Cl)cc(C(C)C)c1NC(=O)NS(=O)(=O)c1cccc(NS(=O)(=O)C2CCC2)c1. The number of benzene rings is 2. The lowest BCUT2D eigenvalue weighted by atomic mass is 9.92. The molecule has 2 aromatic rings. The molecular formula is C23H30ClN3O5S2. The fourth-order valence-corrected chi connectivity index (χ4v) is 6.44. The summed E-state index contributed by atoms with van der Waals surface area (Å²) >= 11 is 6.25. The third kappa shape index (κ3) is 6.03. The lowest BCUT2D eigenvalue weighted by Crippen LogP contribution is -2.35. The molecule has 186 valence electrons. The molecule has 1 aliphatic carbocycles. The zero-order valence-electron chi connectivity index (χ0n) is 19.6. The van der Waals surface area contributed by atoms with Crippen LogP contribution in [-0.2, 0) is 20.0 Å². The summed E-state index contributed by atoms with van der Waals surface area (Å²) in [6.45, 7) is 7.80. The second-order valence-corrected chi connectivity index (χ2v) is 13.1. The van der Waals surface area contributed by atoms with Crippen LogP contribution in [0.15, 0.2) is 41.3 Å². The van der Waals surface area contributed by atoms with Gasteiger partial charge in [-0.2, -0.15) is 0 Å². The normalized spacial score (nSPS) is 14.7. The summed E-state index contributed by atoms with van der Waals surface area (Å²) in [4.78, 5) is 12.5. The standard InChI is InChI=1S/C23H30ClN3O5S2/c1-14(2)20-11-16(24)12-21(15(3)4)22(20)25-23(28)27-34(31,32)19-10-5-7-17(13-19)26-33(29,30)18-8-6-9-18/h5,7,10-15,18,26H,6,8-9H2,1-4H3,(H2,25,27,28). The average Bonchev–Trinajstić information content (AvgIpc) is 2.66. The lowest BCUT2D eigenvalue weighted by Gasteiger charge is -2.25. The zero-order valence-corrected chi connectivity index (χ0v) is 21.9. The highest BCUT2D eigenvalue weighted by atomic mass is 35.5. The molecule has 0 atom stereocenters. The Morgan fingerprint density at radius 3 is 2.06 bits per heavy atom. The van der Waals surface area contributed by atoms with Crippen LogP contribution in [0, 0.1) is 0 Å². The third-order valence-electron chi connectivity index (χ3n) is 5.77. The maximum Gasteiger partial charge on any atom is 0.333 e. The number of anilines is 2. The van der Waals surface area contributed by atoms with Crippen LogP contribution in [0.4, 0.5) is 16.2 Å². The topological polar surface area (TPSA) is 121 Å². The number of hydrogen-bond donors (Lipinski definition) is 3. The highest BCUT2D eigenvalue weighted by Gasteiger charge is 2.31. The Morgan fingerprint density at radius 1 is 0.971 bits per heavy atom. The van der Waals surface area contributed by atoms with E-state index in [1.54, 1.807) is 12.1 Å². The van der Waals surface area contributed by atoms with E-state index in [9.17, 15) is 21.6 Å². The monoisotopic (exact) mass is 527 g/mol. The van der Waals surface area contributed by atoms with Gasteiger partial charge < -0.3 is 5.32 Å². The Kier molecular flexibility index (Phi) is 7.84. The molecule has 2 amide bonds. The Balaban J connectivity index is 1.82. The van der Waals surface area contributed by atoms with E-state index in [-0.39, 0.29) is 22.4 Å². The predicted octanol–water partition coefficient (Wildman–Crippen LogP) is 5.39. The summed E-state index contributed by atoms with van der Waals surface area (Å²) in [5.74, 6) is 0.0620. The second kappa shape index (κ2) is 10.1. The molecule has 8 nitrogen and oxygen atoms in total. The van der Waals surface area contributed by atoms with Crippen LogP contribution >= 0.6 is 11.6 Å². The number of carbonyl (C=O) groups excluding carboxylic acids is 1. The van der Waals surface area contributed by atoms with Gasteiger partial charge in [0.05, 0.1) is 10.1 Å². The van der Waals surface area contributed by atoms with Crippen molar-refractivity contribution in [1.29, 1.82) is 0 Å². The molecule has 3 rings (SSSR count). The van der Waals surface area contributed by atoms with Crippen LogP contribution < -0.4 is 14.8 Å². The summed E-state index contributed by atoms with van der Waals surface area (Å²) in [6, 6.07) is 7.93. The fourth-order valence-electron chi connectivity index (χ4n) is 3.68. The first-order valence-corrected chi connectivity index (χ1v) is 14.5. The number of halogens is 1. The Hall–Kier alpha value is -2.30. The molecule has 2 aromatic carbocycles. The zero-order chi connectivity index (χ0) is 25.3. The summed E-state index contributed by atoms with van der Waals surface area (Å²) in [5.41, 5.74) is 2.22. The van der Waals surface area contributed by atoms with E-state index in [1.165, 1.54) is 24.3 Å². The van der Waals surface area contributed by atoms with Gasteiger partial charge in [0.25, 0.3) is 10.0 Å². The van der Waals surface area contributed by atoms with Gasteiger partial charge in [-0.3, -0.25) is 4.72 Å². The van der Waals surface area contributed by atoms with Crippen molar-refractivity contribution in [2.75, 3.05) is 10.0 Å². The largest absolute Gasteiger partial charge is 0.333 e. The van der Waals surface area contributed by atoms with E-state index < -0.39 is 31.3 Å². The number of amides is 2. The first-order valence-electron chi connectivity index (χ1n) is 11.1. The molecule has 3 N–H and O–H groups in total. The Morgan fingerprint density at radius 2 is 1.56 bits per heavy atom. The fraction of sp³-hybridized carbons (Fsp3) is 0.435. The molecule has 0 spiro atoms. The van der Waals surface area contributed by atoms with Gasteiger partial charge in [-0.1, -0.05) is 51.8 Å². The van der Waals surface area contributed by atoms with Crippen LogP contribution in [0.3, 0.4) is 0 Å². The second-order valence-electron chi connectivity index (χ2n) is 9.06.